The molecule has 1 aromatic heterocycles. The van der Waals surface area contributed by atoms with Gasteiger partial charge in [-0.25, -0.2) is 4.39 Å². The van der Waals surface area contributed by atoms with Gasteiger partial charge in [-0.3, -0.25) is 9.58 Å². The molecule has 1 fully saturated rings. The Balaban J connectivity index is 1.29. The summed E-state index contributed by atoms with van der Waals surface area (Å²) >= 11 is 11.8. The van der Waals surface area contributed by atoms with E-state index in [9.17, 15) is 4.39 Å². The molecule has 0 unspecified atom stereocenters. The van der Waals surface area contributed by atoms with Crippen molar-refractivity contribution in [2.75, 3.05) is 31.5 Å². The molecule has 0 spiro atoms. The lowest BCUT2D eigenvalue weighted by molar-refractivity contribution is 0.175. The van der Waals surface area contributed by atoms with Crippen molar-refractivity contribution in [1.29, 1.82) is 0 Å². The van der Waals surface area contributed by atoms with Gasteiger partial charge in [-0.15, -0.1) is 0 Å². The minimum atomic E-state index is -0.256. The maximum absolute atomic E-state index is 14.1. The number of halogens is 2. The van der Waals surface area contributed by atoms with Gasteiger partial charge < -0.3 is 10.2 Å². The van der Waals surface area contributed by atoms with E-state index in [0.717, 1.165) is 38.5 Å². The Morgan fingerprint density at radius 1 is 1.06 bits per heavy atom. The Hall–Kier alpha value is -2.48. The Kier molecular flexibility index (Phi) is 6.85. The Morgan fingerprint density at radius 3 is 2.58 bits per heavy atom. The molecule has 0 radical (unpaired) electrons. The van der Waals surface area contributed by atoms with Crippen molar-refractivity contribution in [1.82, 2.24) is 19.6 Å². The monoisotopic (exact) mass is 457 g/mol. The fourth-order valence-corrected chi connectivity index (χ4v) is 4.19. The number of benzene rings is 2. The standard InChI is InChI=1S/C23H25ClFN5S/c1-17-5-2-3-6-18(17)15-30-10-9-22(27-30)26-23(31)29-13-11-28(12-14-29)16-19-20(24)7-4-8-21(19)25/h2-10H,11-16H2,1H3,(H,26,27,31). The van der Waals surface area contributed by atoms with Crippen LogP contribution in [-0.4, -0.2) is 50.9 Å². The molecular formula is C23H25ClFN5S. The molecule has 0 aliphatic carbocycles. The molecule has 8 heteroatoms. The van der Waals surface area contributed by atoms with Crippen molar-refractivity contribution in [3.8, 4) is 0 Å². The van der Waals surface area contributed by atoms with Gasteiger partial charge >= 0.3 is 0 Å². The summed E-state index contributed by atoms with van der Waals surface area (Å²) in [5.41, 5.74) is 3.04. The number of nitrogens with zero attached hydrogens (tertiary/aromatic N) is 4. The molecule has 1 aliphatic rings. The predicted octanol–water partition coefficient (Wildman–Crippen LogP) is 4.55. The highest BCUT2D eigenvalue weighted by atomic mass is 35.5. The second kappa shape index (κ2) is 9.77. The quantitative estimate of drug-likeness (QED) is 0.569. The van der Waals surface area contributed by atoms with Crippen molar-refractivity contribution >= 4 is 34.7 Å². The number of thiocarbonyl (C=S) groups is 1. The largest absolute Gasteiger partial charge is 0.346 e. The number of nitrogens with one attached hydrogen (secondary N) is 1. The van der Waals surface area contributed by atoms with Gasteiger partial charge in [0.05, 0.1) is 6.54 Å². The SMILES string of the molecule is Cc1ccccc1Cn1ccc(NC(=S)N2CCN(Cc3c(F)cccc3Cl)CC2)n1. The first-order valence-electron chi connectivity index (χ1n) is 10.3. The van der Waals surface area contributed by atoms with Gasteiger partial charge in [0, 0.05) is 55.6 Å². The summed E-state index contributed by atoms with van der Waals surface area (Å²) in [6.07, 6.45) is 1.95. The lowest BCUT2D eigenvalue weighted by atomic mass is 10.1. The maximum atomic E-state index is 14.1. The van der Waals surface area contributed by atoms with Gasteiger partial charge in [0.2, 0.25) is 0 Å². The van der Waals surface area contributed by atoms with Gasteiger partial charge in [0.25, 0.3) is 0 Å². The minimum absolute atomic E-state index is 0.256. The first-order valence-corrected chi connectivity index (χ1v) is 11.1. The zero-order valence-corrected chi connectivity index (χ0v) is 19.0. The van der Waals surface area contributed by atoms with Crippen LogP contribution in [0.25, 0.3) is 0 Å². The highest BCUT2D eigenvalue weighted by Crippen LogP contribution is 2.21. The third kappa shape index (κ3) is 5.42. The highest BCUT2D eigenvalue weighted by Gasteiger charge is 2.21. The van der Waals surface area contributed by atoms with Crippen LogP contribution in [0.4, 0.5) is 10.2 Å². The molecule has 3 aromatic rings. The molecule has 0 saturated carbocycles. The van der Waals surface area contributed by atoms with Gasteiger partial charge in [0.1, 0.15) is 5.82 Å². The average molecular weight is 458 g/mol. The molecule has 0 atom stereocenters. The fraction of sp³-hybridized carbons (Fsp3) is 0.304. The second-order valence-corrected chi connectivity index (χ2v) is 8.51. The van der Waals surface area contributed by atoms with Gasteiger partial charge in [-0.1, -0.05) is 41.9 Å². The van der Waals surface area contributed by atoms with Crippen molar-refractivity contribution in [2.45, 2.75) is 20.0 Å². The molecule has 2 heterocycles. The summed E-state index contributed by atoms with van der Waals surface area (Å²) in [7, 11) is 0. The predicted molar refractivity (Wildman–Crippen MR) is 127 cm³/mol. The van der Waals surface area contributed by atoms with Gasteiger partial charge in [-0.2, -0.15) is 5.10 Å². The number of aromatic nitrogens is 2. The minimum Gasteiger partial charge on any atom is -0.346 e. The summed E-state index contributed by atoms with van der Waals surface area (Å²) in [5.74, 6) is 0.479. The fourth-order valence-electron chi connectivity index (χ4n) is 3.68. The van der Waals surface area contributed by atoms with E-state index in [2.05, 4.69) is 39.3 Å². The highest BCUT2D eigenvalue weighted by molar-refractivity contribution is 7.80. The van der Waals surface area contributed by atoms with Crippen molar-refractivity contribution in [3.63, 3.8) is 0 Å². The van der Waals surface area contributed by atoms with Crippen LogP contribution in [0.1, 0.15) is 16.7 Å². The number of anilines is 1. The molecular weight excluding hydrogens is 433 g/mol. The van der Waals surface area contributed by atoms with E-state index < -0.39 is 0 Å². The van der Waals surface area contributed by atoms with Gasteiger partial charge in [-0.05, 0) is 42.4 Å². The average Bonchev–Trinajstić information content (AvgIpc) is 3.20. The molecule has 1 aliphatic heterocycles. The van der Waals surface area contributed by atoms with Crippen LogP contribution in [0, 0.1) is 12.7 Å². The molecule has 0 bridgehead atoms. The Labute approximate surface area is 192 Å². The van der Waals surface area contributed by atoms with Crippen molar-refractivity contribution in [3.05, 3.63) is 82.3 Å². The first kappa shape index (κ1) is 21.7. The third-order valence-corrected chi connectivity index (χ3v) is 6.29. The van der Waals surface area contributed by atoms with E-state index in [-0.39, 0.29) is 5.82 Å². The Bertz CT molecular complexity index is 1040. The van der Waals surface area contributed by atoms with E-state index >= 15 is 0 Å². The van der Waals surface area contributed by atoms with E-state index in [0.29, 0.717) is 22.2 Å². The summed E-state index contributed by atoms with van der Waals surface area (Å²) in [4.78, 5) is 4.31. The normalized spacial score (nSPS) is 14.6. The number of aryl methyl sites for hydroxylation is 1. The number of rotatable bonds is 5. The van der Waals surface area contributed by atoms with E-state index in [1.54, 1.807) is 12.1 Å². The maximum Gasteiger partial charge on any atom is 0.174 e. The van der Waals surface area contributed by atoms with Crippen LogP contribution in [-0.2, 0) is 13.1 Å². The molecule has 31 heavy (non-hydrogen) atoms. The van der Waals surface area contributed by atoms with Crippen LogP contribution >= 0.6 is 23.8 Å². The zero-order chi connectivity index (χ0) is 21.8. The van der Waals surface area contributed by atoms with E-state index in [1.807, 2.05) is 29.1 Å². The van der Waals surface area contributed by atoms with Crippen molar-refractivity contribution < 1.29 is 4.39 Å². The van der Waals surface area contributed by atoms with Crippen LogP contribution in [0.3, 0.4) is 0 Å². The molecule has 1 N–H and O–H groups in total. The molecule has 2 aromatic carbocycles. The third-order valence-electron chi connectivity index (χ3n) is 5.57. The summed E-state index contributed by atoms with van der Waals surface area (Å²) < 4.78 is 16.0. The van der Waals surface area contributed by atoms with Crippen molar-refractivity contribution in [2.24, 2.45) is 0 Å². The number of hydrogen-bond donors (Lipinski definition) is 1. The second-order valence-electron chi connectivity index (χ2n) is 7.72. The first-order chi connectivity index (χ1) is 15.0. The Morgan fingerprint density at radius 2 is 1.84 bits per heavy atom. The van der Waals surface area contributed by atoms with Crippen LogP contribution in [0.15, 0.2) is 54.7 Å². The molecule has 4 rings (SSSR count). The smallest absolute Gasteiger partial charge is 0.174 e. The molecule has 5 nitrogen and oxygen atoms in total. The summed E-state index contributed by atoms with van der Waals surface area (Å²) in [6.45, 7) is 6.43. The lowest BCUT2D eigenvalue weighted by Crippen LogP contribution is -2.49. The zero-order valence-electron chi connectivity index (χ0n) is 17.4. The number of piperazine rings is 1. The van der Waals surface area contributed by atoms with Crippen LogP contribution in [0.2, 0.25) is 5.02 Å². The summed E-state index contributed by atoms with van der Waals surface area (Å²) in [5, 5.41) is 8.97. The van der Waals surface area contributed by atoms with Crippen LogP contribution < -0.4 is 5.32 Å². The number of hydrogen-bond acceptors (Lipinski definition) is 3. The molecule has 162 valence electrons. The van der Waals surface area contributed by atoms with Crippen LogP contribution in [0.5, 0.6) is 0 Å². The molecule has 1 saturated heterocycles. The molecule has 0 amide bonds. The topological polar surface area (TPSA) is 36.3 Å². The van der Waals surface area contributed by atoms with Gasteiger partial charge in [0.15, 0.2) is 10.9 Å². The van der Waals surface area contributed by atoms with E-state index in [1.165, 1.54) is 17.2 Å². The summed E-state index contributed by atoms with van der Waals surface area (Å²) in [6, 6.07) is 15.0. The lowest BCUT2D eigenvalue weighted by Gasteiger charge is -2.36. The van der Waals surface area contributed by atoms with E-state index in [4.69, 9.17) is 23.8 Å².